The Morgan fingerprint density at radius 3 is 2.40 bits per heavy atom. The number of carboxylic acids is 1. The van der Waals surface area contributed by atoms with Gasteiger partial charge in [-0.15, -0.1) is 0 Å². The van der Waals surface area contributed by atoms with E-state index in [1.165, 1.54) is 18.2 Å². The Morgan fingerprint density at radius 2 is 1.57 bits per heavy atom. The summed E-state index contributed by atoms with van der Waals surface area (Å²) in [4.78, 5) is 36.5. The number of rotatable bonds is 5. The van der Waals surface area contributed by atoms with E-state index in [1.807, 2.05) is 0 Å². The van der Waals surface area contributed by atoms with Crippen LogP contribution in [-0.2, 0) is 0 Å². The zero-order valence-electron chi connectivity index (χ0n) is 15.5. The summed E-state index contributed by atoms with van der Waals surface area (Å²) in [6, 6.07) is 17.2. The molecule has 8 nitrogen and oxygen atoms in total. The van der Waals surface area contributed by atoms with E-state index in [9.17, 15) is 14.4 Å². The maximum absolute atomic E-state index is 12.7. The first-order valence-electron chi connectivity index (χ1n) is 8.96. The lowest BCUT2D eigenvalue weighted by Gasteiger charge is -2.12. The van der Waals surface area contributed by atoms with Gasteiger partial charge in [0.1, 0.15) is 0 Å². The van der Waals surface area contributed by atoms with Crippen LogP contribution in [0.2, 0.25) is 0 Å². The number of fused-ring (bicyclic) bond motifs is 1. The molecule has 0 aliphatic carbocycles. The Morgan fingerprint density at radius 1 is 0.767 bits per heavy atom. The minimum Gasteiger partial charge on any atom is -0.478 e. The van der Waals surface area contributed by atoms with Gasteiger partial charge in [0, 0.05) is 11.3 Å². The topological polar surface area (TPSA) is 114 Å². The third-order valence-corrected chi connectivity index (χ3v) is 4.42. The summed E-state index contributed by atoms with van der Waals surface area (Å²) in [5.74, 6) is -0.954. The summed E-state index contributed by atoms with van der Waals surface area (Å²) in [7, 11) is 0. The maximum Gasteiger partial charge on any atom is 0.335 e. The van der Waals surface area contributed by atoms with Crippen LogP contribution in [-0.4, -0.2) is 29.7 Å². The van der Waals surface area contributed by atoms with Gasteiger partial charge in [0.2, 0.25) is 6.79 Å². The van der Waals surface area contributed by atoms with Crippen LogP contribution in [0.3, 0.4) is 0 Å². The van der Waals surface area contributed by atoms with Crippen molar-refractivity contribution in [3.63, 3.8) is 0 Å². The summed E-state index contributed by atoms with van der Waals surface area (Å²) in [5.41, 5.74) is 1.27. The van der Waals surface area contributed by atoms with Crippen molar-refractivity contribution < 1.29 is 29.0 Å². The molecule has 0 aromatic heterocycles. The minimum atomic E-state index is -1.09. The highest BCUT2D eigenvalue weighted by Crippen LogP contribution is 2.32. The fourth-order valence-corrected chi connectivity index (χ4v) is 2.95. The first-order valence-corrected chi connectivity index (χ1v) is 8.96. The summed E-state index contributed by atoms with van der Waals surface area (Å²) in [5, 5.41) is 14.5. The third kappa shape index (κ3) is 3.93. The van der Waals surface area contributed by atoms with Gasteiger partial charge in [-0.2, -0.15) is 0 Å². The lowest BCUT2D eigenvalue weighted by molar-refractivity contribution is 0.0696. The Balaban J connectivity index is 1.53. The second-order valence-electron chi connectivity index (χ2n) is 6.41. The monoisotopic (exact) mass is 404 g/mol. The molecule has 8 heteroatoms. The molecule has 0 unspecified atom stereocenters. The lowest BCUT2D eigenvalue weighted by Crippen LogP contribution is -2.18. The van der Waals surface area contributed by atoms with Gasteiger partial charge in [-0.3, -0.25) is 9.59 Å². The zero-order chi connectivity index (χ0) is 21.1. The first kappa shape index (κ1) is 19.0. The molecule has 3 N–H and O–H groups in total. The fraction of sp³-hybridized carbons (Fsp3) is 0.0455. The van der Waals surface area contributed by atoms with Gasteiger partial charge in [0.05, 0.1) is 16.8 Å². The van der Waals surface area contributed by atoms with Crippen molar-refractivity contribution in [2.24, 2.45) is 0 Å². The quantitative estimate of drug-likeness (QED) is 0.599. The smallest absolute Gasteiger partial charge is 0.335 e. The summed E-state index contributed by atoms with van der Waals surface area (Å²) < 4.78 is 10.5. The molecule has 0 bridgehead atoms. The normalized spacial score (nSPS) is 11.6. The number of nitrogens with one attached hydrogen (secondary N) is 2. The predicted molar refractivity (Wildman–Crippen MR) is 108 cm³/mol. The van der Waals surface area contributed by atoms with Gasteiger partial charge in [-0.1, -0.05) is 18.2 Å². The maximum atomic E-state index is 12.7. The SMILES string of the molecule is O=C(O)c1cccc(NC(=O)c2ccccc2NC(=O)c2ccc3c(c2)OCO3)c1. The largest absolute Gasteiger partial charge is 0.478 e. The van der Waals surface area contributed by atoms with Gasteiger partial charge in [0.15, 0.2) is 11.5 Å². The molecule has 3 aromatic carbocycles. The molecule has 150 valence electrons. The first-order chi connectivity index (χ1) is 14.5. The molecular weight excluding hydrogens is 388 g/mol. The molecule has 30 heavy (non-hydrogen) atoms. The van der Waals surface area contributed by atoms with Crippen LogP contribution in [0.5, 0.6) is 11.5 Å². The Bertz CT molecular complexity index is 1160. The molecule has 0 radical (unpaired) electrons. The number of anilines is 2. The minimum absolute atomic E-state index is 0.0530. The van der Waals surface area contributed by atoms with E-state index in [2.05, 4.69) is 10.6 Å². The number of para-hydroxylation sites is 1. The number of hydrogen-bond acceptors (Lipinski definition) is 5. The van der Waals surface area contributed by atoms with Crippen molar-refractivity contribution in [2.75, 3.05) is 17.4 Å². The van der Waals surface area contributed by atoms with Crippen LogP contribution in [0, 0.1) is 0 Å². The van der Waals surface area contributed by atoms with Crippen LogP contribution in [0.4, 0.5) is 11.4 Å². The number of ether oxygens (including phenoxy) is 2. The van der Waals surface area contributed by atoms with E-state index < -0.39 is 17.8 Å². The lowest BCUT2D eigenvalue weighted by atomic mass is 10.1. The van der Waals surface area contributed by atoms with Crippen LogP contribution in [0.15, 0.2) is 66.7 Å². The van der Waals surface area contributed by atoms with Gasteiger partial charge in [-0.05, 0) is 48.5 Å². The van der Waals surface area contributed by atoms with Gasteiger partial charge in [0.25, 0.3) is 11.8 Å². The van der Waals surface area contributed by atoms with Crippen LogP contribution in [0.1, 0.15) is 31.1 Å². The second kappa shape index (κ2) is 7.96. The zero-order valence-corrected chi connectivity index (χ0v) is 15.5. The number of carbonyl (C=O) groups excluding carboxylic acids is 2. The van der Waals surface area contributed by atoms with Crippen molar-refractivity contribution in [2.45, 2.75) is 0 Å². The number of aromatic carboxylic acids is 1. The Labute approximate surface area is 171 Å². The van der Waals surface area contributed by atoms with Gasteiger partial charge in [-0.25, -0.2) is 4.79 Å². The van der Waals surface area contributed by atoms with Crippen molar-refractivity contribution >= 4 is 29.2 Å². The summed E-state index contributed by atoms with van der Waals surface area (Å²) >= 11 is 0. The summed E-state index contributed by atoms with van der Waals surface area (Å²) in [6.45, 7) is 0.104. The highest BCUT2D eigenvalue weighted by molar-refractivity contribution is 6.12. The Kier molecular flexibility index (Phi) is 5.04. The van der Waals surface area contributed by atoms with E-state index >= 15 is 0 Å². The highest BCUT2D eigenvalue weighted by Gasteiger charge is 2.18. The van der Waals surface area contributed by atoms with Crippen molar-refractivity contribution in [1.82, 2.24) is 0 Å². The fourth-order valence-electron chi connectivity index (χ4n) is 2.95. The average molecular weight is 404 g/mol. The van der Waals surface area contributed by atoms with Crippen LogP contribution < -0.4 is 20.1 Å². The molecule has 1 aliphatic heterocycles. The highest BCUT2D eigenvalue weighted by atomic mass is 16.7. The van der Waals surface area contributed by atoms with E-state index in [0.717, 1.165) is 0 Å². The Hall–Kier alpha value is -4.33. The molecule has 4 rings (SSSR count). The number of amides is 2. The molecule has 3 aromatic rings. The van der Waals surface area contributed by atoms with Crippen molar-refractivity contribution in [3.8, 4) is 11.5 Å². The molecule has 0 spiro atoms. The standard InChI is InChI=1S/C22H16N2O6/c25-20(13-8-9-18-19(11-13)30-12-29-18)24-17-7-2-1-6-16(17)21(26)23-15-5-3-4-14(10-15)22(27)28/h1-11H,12H2,(H,23,26)(H,24,25)(H,27,28). The molecule has 1 heterocycles. The summed E-state index contributed by atoms with van der Waals surface area (Å²) in [6.07, 6.45) is 0. The molecular formula is C22H16N2O6. The number of benzene rings is 3. The van der Waals surface area contributed by atoms with Crippen LogP contribution in [0.25, 0.3) is 0 Å². The molecule has 0 fully saturated rings. The van der Waals surface area contributed by atoms with Gasteiger partial charge < -0.3 is 25.2 Å². The molecule has 0 saturated carbocycles. The second-order valence-corrected chi connectivity index (χ2v) is 6.41. The molecule has 0 atom stereocenters. The third-order valence-electron chi connectivity index (χ3n) is 4.42. The molecule has 2 amide bonds. The van der Waals surface area contributed by atoms with E-state index in [0.29, 0.717) is 28.4 Å². The molecule has 0 saturated heterocycles. The predicted octanol–water partition coefficient (Wildman–Crippen LogP) is 3.62. The van der Waals surface area contributed by atoms with Crippen LogP contribution >= 0.6 is 0 Å². The molecule has 1 aliphatic rings. The number of hydrogen-bond donors (Lipinski definition) is 3. The van der Waals surface area contributed by atoms with E-state index in [4.69, 9.17) is 14.6 Å². The van der Waals surface area contributed by atoms with E-state index in [1.54, 1.807) is 48.5 Å². The van der Waals surface area contributed by atoms with Crippen molar-refractivity contribution in [1.29, 1.82) is 0 Å². The number of carbonyl (C=O) groups is 3. The van der Waals surface area contributed by atoms with Crippen molar-refractivity contribution in [3.05, 3.63) is 83.4 Å². The van der Waals surface area contributed by atoms with Gasteiger partial charge >= 0.3 is 5.97 Å². The number of carboxylic acid groups (broad SMARTS) is 1. The van der Waals surface area contributed by atoms with E-state index in [-0.39, 0.29) is 17.9 Å². The average Bonchev–Trinajstić information content (AvgIpc) is 3.22.